The summed E-state index contributed by atoms with van der Waals surface area (Å²) < 4.78 is 15.5. The van der Waals surface area contributed by atoms with Crippen molar-refractivity contribution in [3.8, 4) is 11.1 Å². The summed E-state index contributed by atoms with van der Waals surface area (Å²) in [6.45, 7) is 5.48. The van der Waals surface area contributed by atoms with Gasteiger partial charge in [0.1, 0.15) is 5.82 Å². The molecule has 4 aromatic rings. The summed E-state index contributed by atoms with van der Waals surface area (Å²) >= 11 is 0. The number of anilines is 1. The Hall–Kier alpha value is -3.54. The predicted molar refractivity (Wildman–Crippen MR) is 111 cm³/mol. The van der Waals surface area contributed by atoms with Crippen LogP contribution in [0.1, 0.15) is 29.5 Å². The summed E-state index contributed by atoms with van der Waals surface area (Å²) in [6.07, 6.45) is 3.59. The third kappa shape index (κ3) is 3.61. The molecule has 1 atom stereocenters. The molecule has 146 valence electrons. The number of aromatic nitrogens is 3. The van der Waals surface area contributed by atoms with E-state index in [2.05, 4.69) is 15.4 Å². The van der Waals surface area contributed by atoms with Crippen molar-refractivity contribution >= 4 is 17.4 Å². The lowest BCUT2D eigenvalue weighted by molar-refractivity contribution is -0.117. The van der Waals surface area contributed by atoms with E-state index in [0.717, 1.165) is 16.7 Å². The Kier molecular flexibility index (Phi) is 4.84. The van der Waals surface area contributed by atoms with Crippen molar-refractivity contribution in [1.82, 2.24) is 14.6 Å². The van der Waals surface area contributed by atoms with Crippen LogP contribution in [0, 0.1) is 19.7 Å². The first-order valence-electron chi connectivity index (χ1n) is 9.41. The lowest BCUT2D eigenvalue weighted by Gasteiger charge is -2.12. The molecule has 0 saturated heterocycles. The topological polar surface area (TPSA) is 59.3 Å². The van der Waals surface area contributed by atoms with Gasteiger partial charge in [0.05, 0.1) is 11.5 Å². The molecule has 0 radical (unpaired) electrons. The summed E-state index contributed by atoms with van der Waals surface area (Å²) in [7, 11) is 0. The molecule has 0 spiro atoms. The molecule has 1 unspecified atom stereocenters. The third-order valence-corrected chi connectivity index (χ3v) is 4.98. The maximum absolute atomic E-state index is 13.8. The minimum atomic E-state index is -0.349. The number of hydrogen-bond acceptors (Lipinski definition) is 3. The number of halogens is 1. The number of carbonyl (C=O) groups excluding carboxylic acids is 1. The third-order valence-electron chi connectivity index (χ3n) is 4.98. The second-order valence-electron chi connectivity index (χ2n) is 7.21. The molecule has 29 heavy (non-hydrogen) atoms. The number of aryl methyl sites for hydroxylation is 2. The number of amides is 1. The van der Waals surface area contributed by atoms with Crippen LogP contribution in [0.2, 0.25) is 0 Å². The number of fused-ring (bicyclic) bond motifs is 1. The number of hydrogen-bond donors (Lipinski definition) is 1. The predicted octanol–water partition coefficient (Wildman–Crippen LogP) is 4.89. The number of rotatable bonds is 4. The quantitative estimate of drug-likeness (QED) is 0.541. The van der Waals surface area contributed by atoms with E-state index in [1.165, 1.54) is 6.07 Å². The van der Waals surface area contributed by atoms with Crippen LogP contribution in [0.25, 0.3) is 16.8 Å². The van der Waals surface area contributed by atoms with Gasteiger partial charge in [-0.3, -0.25) is 4.79 Å². The molecule has 2 heterocycles. The summed E-state index contributed by atoms with van der Waals surface area (Å²) in [4.78, 5) is 17.4. The highest BCUT2D eigenvalue weighted by atomic mass is 19.1. The van der Waals surface area contributed by atoms with E-state index in [4.69, 9.17) is 0 Å². The van der Waals surface area contributed by atoms with Crippen LogP contribution in [0.3, 0.4) is 0 Å². The number of carbonyl (C=O) groups is 1. The Bertz CT molecular complexity index is 1200. The Morgan fingerprint density at radius 3 is 2.62 bits per heavy atom. The van der Waals surface area contributed by atoms with Gasteiger partial charge in [0.25, 0.3) is 0 Å². The van der Waals surface area contributed by atoms with Gasteiger partial charge in [-0.15, -0.1) is 5.10 Å². The van der Waals surface area contributed by atoms with Crippen molar-refractivity contribution in [3.63, 3.8) is 0 Å². The normalized spacial score (nSPS) is 12.1. The van der Waals surface area contributed by atoms with Crippen molar-refractivity contribution in [2.45, 2.75) is 26.7 Å². The van der Waals surface area contributed by atoms with Crippen LogP contribution in [0.4, 0.5) is 10.2 Å². The highest BCUT2D eigenvalue weighted by Gasteiger charge is 2.22. The largest absolute Gasteiger partial charge is 0.308 e. The minimum absolute atomic E-state index is 0.170. The zero-order valence-corrected chi connectivity index (χ0v) is 16.5. The molecular formula is C23H21FN4O. The van der Waals surface area contributed by atoms with Gasteiger partial charge >= 0.3 is 0 Å². The van der Waals surface area contributed by atoms with Crippen LogP contribution in [0.5, 0.6) is 0 Å². The van der Waals surface area contributed by atoms with Crippen molar-refractivity contribution in [1.29, 1.82) is 0 Å². The van der Waals surface area contributed by atoms with Crippen LogP contribution >= 0.6 is 0 Å². The molecule has 0 bridgehead atoms. The SMILES string of the molecule is Cc1cnc2c(-c3ccc(F)c(C)c3)c(NC(=O)C(C)c3ccccc3)nn2c1. The maximum Gasteiger partial charge on any atom is 0.232 e. The van der Waals surface area contributed by atoms with Gasteiger partial charge in [0, 0.05) is 12.4 Å². The van der Waals surface area contributed by atoms with Gasteiger partial charge < -0.3 is 5.32 Å². The molecule has 0 fully saturated rings. The molecule has 0 saturated carbocycles. The summed E-state index contributed by atoms with van der Waals surface area (Å²) in [6, 6.07) is 14.4. The fraction of sp³-hybridized carbons (Fsp3) is 0.174. The van der Waals surface area contributed by atoms with Gasteiger partial charge in [-0.05, 0) is 55.2 Å². The lowest BCUT2D eigenvalue weighted by Crippen LogP contribution is -2.19. The highest BCUT2D eigenvalue weighted by Crippen LogP contribution is 2.33. The van der Waals surface area contributed by atoms with E-state index in [9.17, 15) is 9.18 Å². The van der Waals surface area contributed by atoms with E-state index < -0.39 is 0 Å². The Labute approximate surface area is 168 Å². The number of nitrogens with one attached hydrogen (secondary N) is 1. The molecule has 6 heteroatoms. The van der Waals surface area contributed by atoms with Gasteiger partial charge in [-0.1, -0.05) is 36.4 Å². The first-order chi connectivity index (χ1) is 13.9. The maximum atomic E-state index is 13.8. The van der Waals surface area contributed by atoms with Crippen LogP contribution in [-0.4, -0.2) is 20.5 Å². The Balaban J connectivity index is 1.79. The Morgan fingerprint density at radius 2 is 1.90 bits per heavy atom. The zero-order chi connectivity index (χ0) is 20.5. The number of benzene rings is 2. The highest BCUT2D eigenvalue weighted by molar-refractivity contribution is 6.00. The van der Waals surface area contributed by atoms with Crippen molar-refractivity contribution in [3.05, 3.63) is 83.4 Å². The van der Waals surface area contributed by atoms with Crippen LogP contribution in [-0.2, 0) is 4.79 Å². The fourth-order valence-electron chi connectivity index (χ4n) is 3.30. The standard InChI is InChI=1S/C23H21FN4O/c1-14-12-25-22-20(18-9-10-19(24)15(2)11-18)21(27-28(22)13-14)26-23(29)16(3)17-7-5-4-6-8-17/h4-13,16H,1-3H3,(H,26,27,29). The van der Waals surface area contributed by atoms with Gasteiger partial charge in [-0.25, -0.2) is 13.9 Å². The second kappa shape index (κ2) is 7.47. The summed E-state index contributed by atoms with van der Waals surface area (Å²) in [5.74, 6) is -0.394. The van der Waals surface area contributed by atoms with Gasteiger partial charge in [-0.2, -0.15) is 0 Å². The van der Waals surface area contributed by atoms with Crippen LogP contribution < -0.4 is 5.32 Å². The van der Waals surface area contributed by atoms with E-state index in [1.807, 2.05) is 50.4 Å². The van der Waals surface area contributed by atoms with Crippen molar-refractivity contribution in [2.24, 2.45) is 0 Å². The van der Waals surface area contributed by atoms with E-state index >= 15 is 0 Å². The molecule has 5 nitrogen and oxygen atoms in total. The average Bonchev–Trinajstić information content (AvgIpc) is 3.06. The first-order valence-corrected chi connectivity index (χ1v) is 9.41. The summed E-state index contributed by atoms with van der Waals surface area (Å²) in [5, 5.41) is 7.49. The van der Waals surface area contributed by atoms with E-state index in [-0.39, 0.29) is 17.6 Å². The molecule has 0 aliphatic heterocycles. The van der Waals surface area contributed by atoms with Crippen LogP contribution in [0.15, 0.2) is 60.9 Å². The fourth-order valence-corrected chi connectivity index (χ4v) is 3.30. The van der Waals surface area contributed by atoms with Crippen molar-refractivity contribution < 1.29 is 9.18 Å². The van der Waals surface area contributed by atoms with E-state index in [1.54, 1.807) is 29.8 Å². The molecule has 2 aromatic heterocycles. The molecule has 4 rings (SSSR count). The average molecular weight is 388 g/mol. The van der Waals surface area contributed by atoms with Gasteiger partial charge in [0.2, 0.25) is 5.91 Å². The molecule has 0 aliphatic rings. The van der Waals surface area contributed by atoms with E-state index in [0.29, 0.717) is 22.6 Å². The molecule has 0 aliphatic carbocycles. The monoisotopic (exact) mass is 388 g/mol. The Morgan fingerprint density at radius 1 is 1.14 bits per heavy atom. The number of nitrogens with zero attached hydrogens (tertiary/aromatic N) is 3. The first kappa shape index (κ1) is 18.8. The molecule has 2 aromatic carbocycles. The van der Waals surface area contributed by atoms with Crippen molar-refractivity contribution in [2.75, 3.05) is 5.32 Å². The lowest BCUT2D eigenvalue weighted by atomic mass is 10.00. The second-order valence-corrected chi connectivity index (χ2v) is 7.21. The molecule has 1 amide bonds. The van der Waals surface area contributed by atoms with Gasteiger partial charge in [0.15, 0.2) is 11.5 Å². The minimum Gasteiger partial charge on any atom is -0.308 e. The zero-order valence-electron chi connectivity index (χ0n) is 16.5. The summed E-state index contributed by atoms with van der Waals surface area (Å²) in [5.41, 5.74) is 4.40. The smallest absolute Gasteiger partial charge is 0.232 e. The molecular weight excluding hydrogens is 367 g/mol. The molecule has 1 N–H and O–H groups in total.